The Balaban J connectivity index is 2.02. The van der Waals surface area contributed by atoms with Gasteiger partial charge in [-0.2, -0.15) is 0 Å². The second-order valence-corrected chi connectivity index (χ2v) is 4.69. The van der Waals surface area contributed by atoms with Gasteiger partial charge in [0, 0.05) is 24.2 Å². The summed E-state index contributed by atoms with van der Waals surface area (Å²) >= 11 is 5.93. The summed E-state index contributed by atoms with van der Waals surface area (Å²) in [6.07, 6.45) is 4.13. The molecule has 0 aliphatic rings. The Morgan fingerprint density at radius 3 is 3.00 bits per heavy atom. The van der Waals surface area contributed by atoms with Gasteiger partial charge in [0.1, 0.15) is 11.0 Å². The van der Waals surface area contributed by atoms with Crippen molar-refractivity contribution in [2.24, 2.45) is 0 Å². The number of nitrogens with zero attached hydrogens (tertiary/aromatic N) is 1. The number of pyridine rings is 1. The number of aromatic nitrogens is 1. The second-order valence-electron chi connectivity index (χ2n) is 4.30. The van der Waals surface area contributed by atoms with Crippen LogP contribution in [0.4, 0.5) is 5.82 Å². The number of carbonyl (C=O) groups excluding carboxylic acids is 1. The third-order valence-electron chi connectivity index (χ3n) is 2.65. The molecule has 6 heteroatoms. The lowest BCUT2D eigenvalue weighted by atomic mass is 10.2. The topological polar surface area (TPSA) is 67.2 Å². The van der Waals surface area contributed by atoms with E-state index < -0.39 is 0 Å². The van der Waals surface area contributed by atoms with Gasteiger partial charge in [0.15, 0.2) is 0 Å². The van der Waals surface area contributed by atoms with Gasteiger partial charge >= 0.3 is 0 Å². The van der Waals surface area contributed by atoms with Gasteiger partial charge in [-0.05, 0) is 24.6 Å². The maximum atomic E-state index is 12.1. The van der Waals surface area contributed by atoms with Crippen LogP contribution in [0.15, 0.2) is 35.1 Å². The molecule has 2 aromatic rings. The van der Waals surface area contributed by atoms with Crippen molar-refractivity contribution in [2.45, 2.75) is 19.9 Å². The second kappa shape index (κ2) is 6.96. The standard InChI is InChI=1S/C14H16ClN3O2/c1-2-4-16-13-7-11(6-12(15)18-13)14(19)17-8-10-3-5-20-9-10/h3,5-7,9H,2,4,8H2,1H3,(H,16,18)(H,17,19). The molecule has 0 unspecified atom stereocenters. The summed E-state index contributed by atoms with van der Waals surface area (Å²) in [4.78, 5) is 16.2. The number of hydrogen-bond acceptors (Lipinski definition) is 4. The van der Waals surface area contributed by atoms with Crippen molar-refractivity contribution in [1.29, 1.82) is 0 Å². The lowest BCUT2D eigenvalue weighted by Crippen LogP contribution is -2.22. The van der Waals surface area contributed by atoms with Gasteiger partial charge in [0.25, 0.3) is 5.91 Å². The van der Waals surface area contributed by atoms with E-state index in [1.807, 2.05) is 0 Å². The number of hydrogen-bond donors (Lipinski definition) is 2. The number of halogens is 1. The largest absolute Gasteiger partial charge is 0.472 e. The Kier molecular flexibility index (Phi) is 5.01. The van der Waals surface area contributed by atoms with Crippen molar-refractivity contribution in [3.8, 4) is 0 Å². The van der Waals surface area contributed by atoms with Crippen LogP contribution in [-0.2, 0) is 6.54 Å². The summed E-state index contributed by atoms with van der Waals surface area (Å²) in [5.41, 5.74) is 1.38. The van der Waals surface area contributed by atoms with Gasteiger partial charge in [-0.1, -0.05) is 18.5 Å². The van der Waals surface area contributed by atoms with E-state index in [9.17, 15) is 4.79 Å². The van der Waals surface area contributed by atoms with Crippen LogP contribution < -0.4 is 10.6 Å². The third kappa shape index (κ3) is 3.99. The lowest BCUT2D eigenvalue weighted by Gasteiger charge is -2.08. The Labute approximate surface area is 122 Å². The minimum atomic E-state index is -0.199. The Morgan fingerprint density at radius 1 is 1.45 bits per heavy atom. The van der Waals surface area contributed by atoms with E-state index in [2.05, 4.69) is 22.5 Å². The summed E-state index contributed by atoms with van der Waals surface area (Å²) in [7, 11) is 0. The van der Waals surface area contributed by atoms with Crippen molar-refractivity contribution >= 4 is 23.3 Å². The molecule has 0 bridgehead atoms. The van der Waals surface area contributed by atoms with E-state index in [0.717, 1.165) is 18.5 Å². The fraction of sp³-hybridized carbons (Fsp3) is 0.286. The van der Waals surface area contributed by atoms with Gasteiger partial charge in [-0.3, -0.25) is 4.79 Å². The van der Waals surface area contributed by atoms with E-state index >= 15 is 0 Å². The summed E-state index contributed by atoms with van der Waals surface area (Å²) in [6, 6.07) is 5.03. The zero-order chi connectivity index (χ0) is 14.4. The molecule has 2 heterocycles. The number of nitrogens with one attached hydrogen (secondary N) is 2. The molecule has 0 aliphatic heterocycles. The molecule has 0 saturated carbocycles. The molecule has 1 amide bonds. The van der Waals surface area contributed by atoms with Crippen LogP contribution >= 0.6 is 11.6 Å². The average Bonchev–Trinajstić information content (AvgIpc) is 2.95. The van der Waals surface area contributed by atoms with Crippen LogP contribution in [0.3, 0.4) is 0 Å². The Morgan fingerprint density at radius 2 is 2.30 bits per heavy atom. The normalized spacial score (nSPS) is 10.3. The van der Waals surface area contributed by atoms with E-state index in [1.165, 1.54) is 0 Å². The first kappa shape index (κ1) is 14.4. The number of amides is 1. The smallest absolute Gasteiger partial charge is 0.251 e. The fourth-order valence-corrected chi connectivity index (χ4v) is 1.86. The highest BCUT2D eigenvalue weighted by Crippen LogP contribution is 2.15. The van der Waals surface area contributed by atoms with Crippen molar-refractivity contribution in [1.82, 2.24) is 10.3 Å². The van der Waals surface area contributed by atoms with E-state index in [0.29, 0.717) is 23.1 Å². The maximum Gasteiger partial charge on any atom is 0.251 e. The molecular weight excluding hydrogens is 278 g/mol. The van der Waals surface area contributed by atoms with Crippen LogP contribution in [0.25, 0.3) is 0 Å². The molecule has 0 spiro atoms. The predicted molar refractivity (Wildman–Crippen MR) is 77.9 cm³/mol. The van der Waals surface area contributed by atoms with Gasteiger partial charge < -0.3 is 15.1 Å². The summed E-state index contributed by atoms with van der Waals surface area (Å²) < 4.78 is 4.94. The molecule has 0 radical (unpaired) electrons. The first-order valence-corrected chi connectivity index (χ1v) is 6.77. The van der Waals surface area contributed by atoms with Crippen molar-refractivity contribution in [3.63, 3.8) is 0 Å². The van der Waals surface area contributed by atoms with Crippen molar-refractivity contribution in [3.05, 3.63) is 47.0 Å². The SMILES string of the molecule is CCCNc1cc(C(=O)NCc2ccoc2)cc(Cl)n1. The monoisotopic (exact) mass is 293 g/mol. The van der Waals surface area contributed by atoms with Crippen LogP contribution in [0, 0.1) is 0 Å². The van der Waals surface area contributed by atoms with Gasteiger partial charge in [0.05, 0.1) is 12.5 Å². The zero-order valence-corrected chi connectivity index (χ0v) is 11.9. The fourth-order valence-electron chi connectivity index (χ4n) is 1.65. The highest BCUT2D eigenvalue weighted by atomic mass is 35.5. The highest BCUT2D eigenvalue weighted by molar-refractivity contribution is 6.29. The number of furan rings is 1. The molecule has 0 fully saturated rings. The molecule has 0 atom stereocenters. The predicted octanol–water partition coefficient (Wildman–Crippen LogP) is 3.08. The van der Waals surface area contributed by atoms with Gasteiger partial charge in [0.2, 0.25) is 0 Å². The number of anilines is 1. The van der Waals surface area contributed by atoms with Crippen LogP contribution in [0.2, 0.25) is 5.15 Å². The molecule has 0 saturated heterocycles. The van der Waals surface area contributed by atoms with Gasteiger partial charge in [-0.25, -0.2) is 4.98 Å². The lowest BCUT2D eigenvalue weighted by molar-refractivity contribution is 0.0951. The highest BCUT2D eigenvalue weighted by Gasteiger charge is 2.09. The molecule has 2 N–H and O–H groups in total. The first-order chi connectivity index (χ1) is 9.69. The van der Waals surface area contributed by atoms with Crippen molar-refractivity contribution < 1.29 is 9.21 Å². The molecule has 0 aliphatic carbocycles. The van der Waals surface area contributed by atoms with Gasteiger partial charge in [-0.15, -0.1) is 0 Å². The number of rotatable bonds is 6. The summed E-state index contributed by atoms with van der Waals surface area (Å²) in [5, 5.41) is 6.20. The maximum absolute atomic E-state index is 12.1. The minimum Gasteiger partial charge on any atom is -0.472 e. The molecule has 5 nitrogen and oxygen atoms in total. The van der Waals surface area contributed by atoms with Crippen LogP contribution in [0.5, 0.6) is 0 Å². The minimum absolute atomic E-state index is 0.199. The zero-order valence-electron chi connectivity index (χ0n) is 11.1. The van der Waals surface area contributed by atoms with E-state index in [4.69, 9.17) is 16.0 Å². The first-order valence-electron chi connectivity index (χ1n) is 6.39. The molecular formula is C14H16ClN3O2. The van der Waals surface area contributed by atoms with E-state index in [-0.39, 0.29) is 5.91 Å². The Hall–Kier alpha value is -2.01. The Bertz CT molecular complexity index is 570. The average molecular weight is 294 g/mol. The van der Waals surface area contributed by atoms with Crippen LogP contribution in [-0.4, -0.2) is 17.4 Å². The molecule has 106 valence electrons. The summed E-state index contributed by atoms with van der Waals surface area (Å²) in [6.45, 7) is 3.24. The van der Waals surface area contributed by atoms with Crippen LogP contribution in [0.1, 0.15) is 29.3 Å². The third-order valence-corrected chi connectivity index (χ3v) is 2.84. The molecule has 2 rings (SSSR count). The molecule has 0 aromatic carbocycles. The molecule has 2 aromatic heterocycles. The quantitative estimate of drug-likeness (QED) is 0.803. The van der Waals surface area contributed by atoms with E-state index in [1.54, 1.807) is 30.7 Å². The summed E-state index contributed by atoms with van der Waals surface area (Å²) in [5.74, 6) is 0.405. The van der Waals surface area contributed by atoms with Crippen molar-refractivity contribution in [2.75, 3.05) is 11.9 Å². The molecule has 20 heavy (non-hydrogen) atoms. The number of carbonyl (C=O) groups is 1.